The first-order chi connectivity index (χ1) is 6.10. The Hall–Kier alpha value is -0.286. The van der Waals surface area contributed by atoms with Gasteiger partial charge in [0.1, 0.15) is 0 Å². The highest BCUT2D eigenvalue weighted by Crippen LogP contribution is 2.14. The molecule has 6 nitrogen and oxygen atoms in total. The van der Waals surface area contributed by atoms with Gasteiger partial charge in [-0.15, -0.1) is 0 Å². The molecule has 86 valence electrons. The van der Waals surface area contributed by atoms with Crippen LogP contribution in [0.25, 0.3) is 0 Å². The molecule has 0 bridgehead atoms. The first-order valence-corrected chi connectivity index (χ1v) is 5.80. The Bertz CT molecular complexity index is 156. The molecule has 0 aromatic heterocycles. The van der Waals surface area contributed by atoms with Crippen molar-refractivity contribution in [1.29, 1.82) is 0 Å². The Morgan fingerprint density at radius 1 is 1.21 bits per heavy atom. The van der Waals surface area contributed by atoms with Crippen LogP contribution in [-0.2, 0) is 13.3 Å². The lowest BCUT2D eigenvalue weighted by molar-refractivity contribution is -0.479. The largest absolute Gasteiger partial charge is 0.500 e. The minimum absolute atomic E-state index is 0. The predicted molar refractivity (Wildman–Crippen MR) is 59.4 cm³/mol. The van der Waals surface area contributed by atoms with Gasteiger partial charge in [-0.2, -0.15) is 0 Å². The summed E-state index contributed by atoms with van der Waals surface area (Å²) < 4.78 is 15.3. The van der Waals surface area contributed by atoms with Gasteiger partial charge in [0, 0.05) is 38.7 Å². The molecule has 14 heavy (non-hydrogen) atoms. The molecule has 0 spiro atoms. The summed E-state index contributed by atoms with van der Waals surface area (Å²) in [6.07, 6.45) is 0.411. The molecular weight excluding hydrogens is 222 g/mol. The van der Waals surface area contributed by atoms with Crippen LogP contribution in [0.3, 0.4) is 0 Å². The minimum Gasteiger partial charge on any atom is -0.377 e. The molecule has 0 fully saturated rings. The van der Waals surface area contributed by atoms with E-state index >= 15 is 0 Å². The van der Waals surface area contributed by atoms with Crippen molar-refractivity contribution in [1.82, 2.24) is 0 Å². The smallest absolute Gasteiger partial charge is 0.377 e. The lowest BCUT2D eigenvalue weighted by Crippen LogP contribution is -2.42. The second-order valence-electron chi connectivity index (χ2n) is 2.46. The molecule has 0 aliphatic carbocycles. The molecule has 0 N–H and O–H groups in total. The average molecular weight is 241 g/mol. The van der Waals surface area contributed by atoms with Crippen LogP contribution in [0.5, 0.6) is 0 Å². The first kappa shape index (κ1) is 16.2. The zero-order chi connectivity index (χ0) is 10.3. The zero-order valence-corrected chi connectivity index (χ0v) is 9.11. The molecule has 8 heteroatoms. The summed E-state index contributed by atoms with van der Waals surface area (Å²) in [6, 6.07) is 0.470. The van der Waals surface area contributed by atoms with Gasteiger partial charge in [0.15, 0.2) is 0 Å². The number of rotatable bonds is 7. The van der Waals surface area contributed by atoms with Crippen LogP contribution in [0, 0.1) is 10.1 Å². The van der Waals surface area contributed by atoms with Gasteiger partial charge in [-0.25, -0.2) is 0 Å². The molecule has 0 aliphatic heterocycles. The van der Waals surface area contributed by atoms with Crippen molar-refractivity contribution in [2.24, 2.45) is 0 Å². The third-order valence-corrected chi connectivity index (χ3v) is 4.59. The monoisotopic (exact) mass is 241 g/mol. The first-order valence-electron chi connectivity index (χ1n) is 3.87. The summed E-state index contributed by atoms with van der Waals surface area (Å²) in [5.74, 6) is 0. The van der Waals surface area contributed by atoms with Crippen LogP contribution < -0.4 is 0 Å². The molecule has 0 rings (SSSR count). The third-order valence-electron chi connectivity index (χ3n) is 1.76. The molecule has 0 unspecified atom stereocenters. The van der Waals surface area contributed by atoms with E-state index in [9.17, 15) is 10.1 Å². The highest BCUT2D eigenvalue weighted by atomic mass is 28.4. The maximum absolute atomic E-state index is 10.0. The van der Waals surface area contributed by atoms with E-state index in [4.69, 9.17) is 13.3 Å². The fourth-order valence-corrected chi connectivity index (χ4v) is 2.68. The van der Waals surface area contributed by atoms with E-state index in [1.54, 1.807) is 0 Å². The molecule has 0 aromatic carbocycles. The van der Waals surface area contributed by atoms with E-state index < -0.39 is 8.80 Å². The summed E-state index contributed by atoms with van der Waals surface area (Å²) in [5.41, 5.74) is 0. The molecule has 0 aromatic rings. The quantitative estimate of drug-likeness (QED) is 0.327. The minimum atomic E-state index is -2.59. The van der Waals surface area contributed by atoms with Crippen molar-refractivity contribution < 1.29 is 18.2 Å². The molecule has 0 atom stereocenters. The van der Waals surface area contributed by atoms with Crippen molar-refractivity contribution in [3.8, 4) is 0 Å². The van der Waals surface area contributed by atoms with Gasteiger partial charge < -0.3 is 13.3 Å². The van der Waals surface area contributed by atoms with Gasteiger partial charge in [0.25, 0.3) is 0 Å². The van der Waals surface area contributed by atoms with Gasteiger partial charge >= 0.3 is 8.80 Å². The highest BCUT2D eigenvalue weighted by molar-refractivity contribution is 6.60. The van der Waals surface area contributed by atoms with Crippen LogP contribution >= 0.6 is 0 Å². The molecule has 0 heterocycles. The lowest BCUT2D eigenvalue weighted by Gasteiger charge is -2.23. The van der Waals surface area contributed by atoms with E-state index in [0.717, 1.165) is 0 Å². The van der Waals surface area contributed by atoms with E-state index in [1.807, 2.05) is 0 Å². The highest BCUT2D eigenvalue weighted by Gasteiger charge is 2.37. The molecule has 0 saturated heterocycles. The number of hydrogen-bond donors (Lipinski definition) is 0. The van der Waals surface area contributed by atoms with Crippen molar-refractivity contribution in [3.05, 3.63) is 10.1 Å². The lowest BCUT2D eigenvalue weighted by atomic mass is 10.5. The molecule has 0 amide bonds. The van der Waals surface area contributed by atoms with E-state index in [1.165, 1.54) is 21.3 Å². The Morgan fingerprint density at radius 2 is 1.64 bits per heavy atom. The standard InChI is InChI=1S/C6H15NO5Si.H4Si/c1-10-13(11-2,12-3)6-4-5-7(8)9;/h4-6H2,1-3H3;1H4. The third kappa shape index (κ3) is 5.45. The maximum Gasteiger partial charge on any atom is 0.500 e. The van der Waals surface area contributed by atoms with Gasteiger partial charge in [0.2, 0.25) is 6.54 Å². The second-order valence-corrected chi connectivity index (χ2v) is 5.55. The summed E-state index contributed by atoms with van der Waals surface area (Å²) in [7, 11) is 1.89. The van der Waals surface area contributed by atoms with Crippen LogP contribution in [0.4, 0.5) is 0 Å². The Labute approximate surface area is 89.1 Å². The van der Waals surface area contributed by atoms with E-state index in [0.29, 0.717) is 12.5 Å². The Kier molecular flexibility index (Phi) is 9.30. The number of nitrogens with zero attached hydrogens (tertiary/aromatic N) is 1. The normalized spacial score (nSPS) is 10.8. The molecule has 0 radical (unpaired) electrons. The Balaban J connectivity index is 0. The van der Waals surface area contributed by atoms with Gasteiger partial charge in [-0.3, -0.25) is 10.1 Å². The summed E-state index contributed by atoms with van der Waals surface area (Å²) in [6.45, 7) is -0.0785. The summed E-state index contributed by atoms with van der Waals surface area (Å²) in [4.78, 5) is 9.69. The van der Waals surface area contributed by atoms with Gasteiger partial charge in [0.05, 0.1) is 0 Å². The van der Waals surface area contributed by atoms with Crippen LogP contribution in [0.15, 0.2) is 0 Å². The van der Waals surface area contributed by atoms with Crippen molar-refractivity contribution in [2.75, 3.05) is 27.9 Å². The van der Waals surface area contributed by atoms with Crippen molar-refractivity contribution in [3.63, 3.8) is 0 Å². The maximum atomic E-state index is 10.0. The summed E-state index contributed by atoms with van der Waals surface area (Å²) >= 11 is 0. The average Bonchev–Trinajstić information content (AvgIpc) is 2.13. The van der Waals surface area contributed by atoms with Crippen molar-refractivity contribution >= 4 is 19.8 Å². The van der Waals surface area contributed by atoms with Gasteiger partial charge in [-0.1, -0.05) is 0 Å². The van der Waals surface area contributed by atoms with E-state index in [-0.39, 0.29) is 22.4 Å². The Morgan fingerprint density at radius 3 is 1.93 bits per heavy atom. The second kappa shape index (κ2) is 8.06. The van der Waals surface area contributed by atoms with Crippen LogP contribution in [0.2, 0.25) is 6.04 Å². The molecule has 0 saturated carbocycles. The van der Waals surface area contributed by atoms with Crippen LogP contribution in [0.1, 0.15) is 6.42 Å². The van der Waals surface area contributed by atoms with E-state index in [2.05, 4.69) is 0 Å². The summed E-state index contributed by atoms with van der Waals surface area (Å²) in [5, 5.41) is 10.0. The topological polar surface area (TPSA) is 70.8 Å². The predicted octanol–water partition coefficient (Wildman–Crippen LogP) is -0.920. The number of nitro groups is 1. The van der Waals surface area contributed by atoms with Gasteiger partial charge in [-0.05, 0) is 11.0 Å². The number of hydrogen-bond acceptors (Lipinski definition) is 5. The molecule has 0 aliphatic rings. The van der Waals surface area contributed by atoms with Crippen LogP contribution in [-0.4, -0.2) is 52.6 Å². The fourth-order valence-electron chi connectivity index (χ4n) is 0.981. The van der Waals surface area contributed by atoms with Crippen molar-refractivity contribution in [2.45, 2.75) is 12.5 Å². The molecular formula is C6H19NO5Si2. The zero-order valence-electron chi connectivity index (χ0n) is 8.11. The fraction of sp³-hybridized carbons (Fsp3) is 1.00. The SMILES string of the molecule is CO[Si](CCC[N+](=O)[O-])(OC)OC.[SiH4].